The van der Waals surface area contributed by atoms with Crippen molar-refractivity contribution in [1.29, 1.82) is 0 Å². The number of nitrogens with zero attached hydrogens (tertiary/aromatic N) is 1. The van der Waals surface area contributed by atoms with Gasteiger partial charge in [0.15, 0.2) is 0 Å². The number of piperidine rings is 2. The van der Waals surface area contributed by atoms with Crippen LogP contribution in [0.5, 0.6) is 0 Å². The van der Waals surface area contributed by atoms with Gasteiger partial charge in [0.1, 0.15) is 5.78 Å². The van der Waals surface area contributed by atoms with Crippen molar-refractivity contribution in [3.8, 4) is 0 Å². The number of hydrogen-bond acceptors (Lipinski definition) is 4. The monoisotopic (exact) mass is 239 g/mol. The highest BCUT2D eigenvalue weighted by Crippen LogP contribution is 2.32. The van der Waals surface area contributed by atoms with Gasteiger partial charge in [-0.1, -0.05) is 6.42 Å². The molecular weight excluding hydrogens is 218 g/mol. The van der Waals surface area contributed by atoms with Crippen molar-refractivity contribution in [3.63, 3.8) is 0 Å². The molecule has 0 aliphatic carbocycles. The molecule has 0 aromatic carbocycles. The Morgan fingerprint density at radius 1 is 1.18 bits per heavy atom. The van der Waals surface area contributed by atoms with Gasteiger partial charge >= 0.3 is 0 Å². The Morgan fingerprint density at radius 2 is 1.94 bits per heavy atom. The summed E-state index contributed by atoms with van der Waals surface area (Å²) in [7, 11) is 0. The van der Waals surface area contributed by atoms with Crippen molar-refractivity contribution in [2.75, 3.05) is 26.4 Å². The molecule has 3 unspecified atom stereocenters. The van der Waals surface area contributed by atoms with Crippen molar-refractivity contribution in [2.45, 2.75) is 50.3 Å². The minimum Gasteiger partial charge on any atom is -0.376 e. The summed E-state index contributed by atoms with van der Waals surface area (Å²) >= 11 is 0. The standard InChI is InChI=1S/C13H21NO3/c15-12-6-10-2-1-3-11(7-12)14(10)8-13-9-16-4-5-17-13/h10-11,13H,1-9H2. The summed E-state index contributed by atoms with van der Waals surface area (Å²) in [5, 5.41) is 0. The molecule has 0 saturated carbocycles. The maximum atomic E-state index is 11.6. The zero-order valence-corrected chi connectivity index (χ0v) is 10.3. The van der Waals surface area contributed by atoms with Crippen LogP contribution in [0.4, 0.5) is 0 Å². The van der Waals surface area contributed by atoms with Gasteiger partial charge in [0.05, 0.1) is 25.9 Å². The van der Waals surface area contributed by atoms with Crippen LogP contribution in [-0.4, -0.2) is 55.2 Å². The van der Waals surface area contributed by atoms with E-state index < -0.39 is 0 Å². The Balaban J connectivity index is 1.63. The third-order valence-electron chi connectivity index (χ3n) is 4.24. The quantitative estimate of drug-likeness (QED) is 0.720. The highest BCUT2D eigenvalue weighted by atomic mass is 16.6. The molecule has 0 spiro atoms. The predicted molar refractivity (Wildman–Crippen MR) is 62.9 cm³/mol. The molecule has 17 heavy (non-hydrogen) atoms. The Morgan fingerprint density at radius 3 is 2.59 bits per heavy atom. The van der Waals surface area contributed by atoms with Crippen molar-refractivity contribution >= 4 is 5.78 Å². The largest absolute Gasteiger partial charge is 0.376 e. The third kappa shape index (κ3) is 2.54. The molecular formula is C13H21NO3. The molecule has 0 amide bonds. The summed E-state index contributed by atoms with van der Waals surface area (Å²) in [5.74, 6) is 0.455. The van der Waals surface area contributed by atoms with E-state index in [9.17, 15) is 4.79 Å². The van der Waals surface area contributed by atoms with Gasteiger partial charge in [0.2, 0.25) is 0 Å². The lowest BCUT2D eigenvalue weighted by Crippen LogP contribution is -2.55. The van der Waals surface area contributed by atoms with Gasteiger partial charge in [-0.2, -0.15) is 0 Å². The SMILES string of the molecule is O=C1CC2CCCC(C1)N2CC1COCCO1. The number of ether oxygens (including phenoxy) is 2. The van der Waals surface area contributed by atoms with Crippen LogP contribution in [0.15, 0.2) is 0 Å². The highest BCUT2D eigenvalue weighted by Gasteiger charge is 2.38. The van der Waals surface area contributed by atoms with Crippen LogP contribution in [0.25, 0.3) is 0 Å². The lowest BCUT2D eigenvalue weighted by molar-refractivity contribution is -0.134. The van der Waals surface area contributed by atoms with Crippen LogP contribution in [0.1, 0.15) is 32.1 Å². The lowest BCUT2D eigenvalue weighted by atomic mass is 9.83. The van der Waals surface area contributed by atoms with E-state index in [1.165, 1.54) is 19.3 Å². The second-order valence-corrected chi connectivity index (χ2v) is 5.45. The average Bonchev–Trinajstić information content (AvgIpc) is 2.32. The minimum atomic E-state index is 0.208. The first-order chi connectivity index (χ1) is 8.33. The summed E-state index contributed by atoms with van der Waals surface area (Å²) in [6.07, 6.45) is 5.35. The first-order valence-electron chi connectivity index (χ1n) is 6.80. The fourth-order valence-electron chi connectivity index (χ4n) is 3.44. The maximum absolute atomic E-state index is 11.6. The molecule has 0 radical (unpaired) electrons. The van der Waals surface area contributed by atoms with E-state index in [0.717, 1.165) is 26.0 Å². The van der Waals surface area contributed by atoms with Gasteiger partial charge in [-0.3, -0.25) is 9.69 Å². The molecule has 4 nitrogen and oxygen atoms in total. The fraction of sp³-hybridized carbons (Fsp3) is 0.923. The van der Waals surface area contributed by atoms with Crippen LogP contribution in [0.3, 0.4) is 0 Å². The number of hydrogen-bond donors (Lipinski definition) is 0. The summed E-state index contributed by atoms with van der Waals surface area (Å²) in [6.45, 7) is 3.10. The van der Waals surface area contributed by atoms with Crippen LogP contribution >= 0.6 is 0 Å². The number of ketones is 1. The van der Waals surface area contributed by atoms with Crippen molar-refractivity contribution in [3.05, 3.63) is 0 Å². The first kappa shape index (κ1) is 11.6. The average molecular weight is 239 g/mol. The van der Waals surface area contributed by atoms with E-state index in [2.05, 4.69) is 4.90 Å². The second kappa shape index (κ2) is 5.04. The maximum Gasteiger partial charge on any atom is 0.136 e. The van der Waals surface area contributed by atoms with Crippen LogP contribution in [0, 0.1) is 0 Å². The summed E-state index contributed by atoms with van der Waals surface area (Å²) < 4.78 is 11.2. The van der Waals surface area contributed by atoms with E-state index in [4.69, 9.17) is 9.47 Å². The minimum absolute atomic E-state index is 0.208. The van der Waals surface area contributed by atoms with E-state index >= 15 is 0 Å². The van der Waals surface area contributed by atoms with Gasteiger partial charge in [0.25, 0.3) is 0 Å². The lowest BCUT2D eigenvalue weighted by Gasteiger charge is -2.46. The molecule has 3 aliphatic rings. The molecule has 4 heteroatoms. The summed E-state index contributed by atoms with van der Waals surface area (Å²) in [4.78, 5) is 14.1. The van der Waals surface area contributed by atoms with Gasteiger partial charge in [-0.05, 0) is 12.8 Å². The number of fused-ring (bicyclic) bond motifs is 2. The van der Waals surface area contributed by atoms with E-state index in [0.29, 0.717) is 31.1 Å². The van der Waals surface area contributed by atoms with E-state index in [1.807, 2.05) is 0 Å². The Labute approximate surface area is 102 Å². The van der Waals surface area contributed by atoms with E-state index in [-0.39, 0.29) is 6.10 Å². The van der Waals surface area contributed by atoms with Crippen LogP contribution in [0.2, 0.25) is 0 Å². The topological polar surface area (TPSA) is 38.8 Å². The number of carbonyl (C=O) groups excluding carboxylic acids is 1. The van der Waals surface area contributed by atoms with Gasteiger partial charge in [0, 0.05) is 31.5 Å². The van der Waals surface area contributed by atoms with E-state index in [1.54, 1.807) is 0 Å². The number of rotatable bonds is 2. The van der Waals surface area contributed by atoms with Gasteiger partial charge in [-0.25, -0.2) is 0 Å². The molecule has 0 N–H and O–H groups in total. The Kier molecular flexibility index (Phi) is 3.45. The molecule has 2 bridgehead atoms. The Bertz CT molecular complexity index is 272. The molecule has 3 atom stereocenters. The zero-order chi connectivity index (χ0) is 11.7. The normalized spacial score (nSPS) is 39.3. The molecule has 96 valence electrons. The van der Waals surface area contributed by atoms with Crippen LogP contribution in [-0.2, 0) is 14.3 Å². The summed E-state index contributed by atoms with van der Waals surface area (Å²) in [6, 6.07) is 0.945. The second-order valence-electron chi connectivity index (χ2n) is 5.45. The van der Waals surface area contributed by atoms with Crippen LogP contribution < -0.4 is 0 Å². The van der Waals surface area contributed by atoms with Gasteiger partial charge < -0.3 is 9.47 Å². The molecule has 0 aromatic heterocycles. The molecule has 3 heterocycles. The molecule has 3 fully saturated rings. The van der Waals surface area contributed by atoms with Crippen molar-refractivity contribution < 1.29 is 14.3 Å². The number of carbonyl (C=O) groups is 1. The van der Waals surface area contributed by atoms with Crippen molar-refractivity contribution in [1.82, 2.24) is 4.90 Å². The third-order valence-corrected chi connectivity index (χ3v) is 4.24. The summed E-state index contributed by atoms with van der Waals surface area (Å²) in [5.41, 5.74) is 0. The van der Waals surface area contributed by atoms with Gasteiger partial charge in [-0.15, -0.1) is 0 Å². The smallest absolute Gasteiger partial charge is 0.136 e. The predicted octanol–water partition coefficient (Wildman–Crippen LogP) is 0.988. The fourth-order valence-corrected chi connectivity index (χ4v) is 3.44. The number of Topliss-reactive ketones (excluding diaryl/α,β-unsaturated/α-hetero) is 1. The molecule has 3 saturated heterocycles. The van der Waals surface area contributed by atoms with Crippen molar-refractivity contribution in [2.24, 2.45) is 0 Å². The Hall–Kier alpha value is -0.450. The molecule has 3 aliphatic heterocycles. The molecule has 0 aromatic rings. The first-order valence-corrected chi connectivity index (χ1v) is 6.80. The molecule has 3 rings (SSSR count). The zero-order valence-electron chi connectivity index (χ0n) is 10.3. The highest BCUT2D eigenvalue weighted by molar-refractivity contribution is 5.80.